The summed E-state index contributed by atoms with van der Waals surface area (Å²) in [4.78, 5) is 17.8. The van der Waals surface area contributed by atoms with E-state index >= 15 is 0 Å². The Hall–Kier alpha value is -2.62. The predicted molar refractivity (Wildman–Crippen MR) is 112 cm³/mol. The maximum atomic E-state index is 13.2. The largest absolute Gasteiger partial charge is 0.394 e. The van der Waals surface area contributed by atoms with Gasteiger partial charge in [0.25, 0.3) is 0 Å². The number of morpholine rings is 1. The number of anilines is 1. The van der Waals surface area contributed by atoms with Crippen LogP contribution in [0.4, 0.5) is 10.2 Å². The predicted octanol–water partition coefficient (Wildman–Crippen LogP) is 2.20. The zero-order valence-corrected chi connectivity index (χ0v) is 17.3. The van der Waals surface area contributed by atoms with Gasteiger partial charge >= 0.3 is 0 Å². The van der Waals surface area contributed by atoms with Gasteiger partial charge in [-0.15, -0.1) is 0 Å². The molecular weight excluding hydrogens is 387 g/mol. The Morgan fingerprint density at radius 2 is 1.90 bits per heavy atom. The molecule has 0 radical (unpaired) electrons. The monoisotopic (exact) mass is 414 g/mol. The van der Waals surface area contributed by atoms with Crippen LogP contribution in [0.25, 0.3) is 11.2 Å². The van der Waals surface area contributed by atoms with E-state index in [-0.39, 0.29) is 24.8 Å². The highest BCUT2D eigenvalue weighted by molar-refractivity contribution is 5.83. The maximum Gasteiger partial charge on any atom is 0.167 e. The highest BCUT2D eigenvalue weighted by Crippen LogP contribution is 2.27. The van der Waals surface area contributed by atoms with Crippen LogP contribution in [0.2, 0.25) is 0 Å². The summed E-state index contributed by atoms with van der Waals surface area (Å²) in [5.41, 5.74) is 2.45. The van der Waals surface area contributed by atoms with Gasteiger partial charge in [-0.3, -0.25) is 9.47 Å². The van der Waals surface area contributed by atoms with Gasteiger partial charge in [0, 0.05) is 32.7 Å². The summed E-state index contributed by atoms with van der Waals surface area (Å²) in [5.74, 6) is 0.557. The number of imidazole rings is 1. The Kier molecular flexibility index (Phi) is 6.21. The first kappa shape index (κ1) is 20.6. The molecule has 1 aromatic carbocycles. The van der Waals surface area contributed by atoms with Gasteiger partial charge in [-0.2, -0.15) is 0 Å². The Balaban J connectivity index is 1.61. The smallest absolute Gasteiger partial charge is 0.167 e. The molecule has 1 saturated heterocycles. The van der Waals surface area contributed by atoms with Gasteiger partial charge in [0.05, 0.1) is 19.0 Å². The number of aliphatic hydroxyl groups excluding tert-OH is 1. The summed E-state index contributed by atoms with van der Waals surface area (Å²) in [7, 11) is 0. The van der Waals surface area contributed by atoms with Crippen LogP contribution in [0.5, 0.6) is 0 Å². The molecule has 1 aliphatic heterocycles. The molecule has 0 spiro atoms. The number of fused-ring (bicyclic) bond motifs is 1. The van der Waals surface area contributed by atoms with Crippen LogP contribution in [0.1, 0.15) is 25.6 Å². The van der Waals surface area contributed by atoms with Crippen molar-refractivity contribution in [3.05, 3.63) is 48.3 Å². The van der Waals surface area contributed by atoms with E-state index in [1.807, 2.05) is 4.57 Å². The summed E-state index contributed by atoms with van der Waals surface area (Å²) in [5, 5.41) is 9.76. The topological polar surface area (TPSA) is 79.5 Å². The fraction of sp³-hybridized carbons (Fsp3) is 0.476. The third kappa shape index (κ3) is 4.14. The van der Waals surface area contributed by atoms with E-state index in [4.69, 9.17) is 4.74 Å². The standard InChI is InChI=1S/C21H27FN6O2/c1-3-27(4-2)20-19-21(24-13-23-20)28(14-25-19)18-11-26(10-17(12-29)30-18)9-15-5-7-16(22)8-6-15/h5-8,13-14,17-18,29H,3-4,9-12H2,1-2H3/t17-,18+/m0/s1. The fourth-order valence-corrected chi connectivity index (χ4v) is 3.93. The zero-order chi connectivity index (χ0) is 21.1. The zero-order valence-electron chi connectivity index (χ0n) is 17.3. The number of hydrogen-bond acceptors (Lipinski definition) is 7. The minimum absolute atomic E-state index is 0.0806. The van der Waals surface area contributed by atoms with E-state index in [1.54, 1.807) is 24.8 Å². The molecule has 1 aliphatic rings. The summed E-state index contributed by atoms with van der Waals surface area (Å²) in [6.45, 7) is 7.57. The minimum atomic E-state index is -0.346. The molecule has 1 N–H and O–H groups in total. The Morgan fingerprint density at radius 3 is 2.60 bits per heavy atom. The molecule has 1 fully saturated rings. The van der Waals surface area contributed by atoms with Crippen molar-refractivity contribution in [2.45, 2.75) is 32.7 Å². The third-order valence-electron chi connectivity index (χ3n) is 5.46. The van der Waals surface area contributed by atoms with Gasteiger partial charge < -0.3 is 14.7 Å². The van der Waals surface area contributed by atoms with Crippen molar-refractivity contribution >= 4 is 17.0 Å². The van der Waals surface area contributed by atoms with Crippen molar-refractivity contribution < 1.29 is 14.2 Å². The van der Waals surface area contributed by atoms with Crippen molar-refractivity contribution in [2.24, 2.45) is 0 Å². The minimum Gasteiger partial charge on any atom is -0.394 e. The van der Waals surface area contributed by atoms with Gasteiger partial charge in [-0.1, -0.05) is 12.1 Å². The lowest BCUT2D eigenvalue weighted by Crippen LogP contribution is -2.46. The lowest BCUT2D eigenvalue weighted by atomic mass is 10.1. The number of benzene rings is 1. The molecule has 2 atom stereocenters. The summed E-state index contributed by atoms with van der Waals surface area (Å²) >= 11 is 0. The van der Waals surface area contributed by atoms with E-state index in [2.05, 4.69) is 38.6 Å². The second-order valence-electron chi connectivity index (χ2n) is 7.41. The average Bonchev–Trinajstić information content (AvgIpc) is 3.21. The molecule has 4 rings (SSSR count). The second kappa shape index (κ2) is 9.03. The first-order valence-electron chi connectivity index (χ1n) is 10.3. The molecule has 3 heterocycles. The molecule has 0 bridgehead atoms. The van der Waals surface area contributed by atoms with Gasteiger partial charge in [0.1, 0.15) is 18.4 Å². The SMILES string of the molecule is CCN(CC)c1ncnc2c1ncn2[C@H]1CN(Cc2ccc(F)cc2)C[C@@H](CO)O1. The molecule has 8 nitrogen and oxygen atoms in total. The van der Waals surface area contributed by atoms with E-state index < -0.39 is 0 Å². The van der Waals surface area contributed by atoms with Crippen molar-refractivity contribution in [2.75, 3.05) is 37.7 Å². The first-order valence-corrected chi connectivity index (χ1v) is 10.3. The molecule has 2 aromatic heterocycles. The number of aliphatic hydroxyl groups is 1. The van der Waals surface area contributed by atoms with Crippen LogP contribution in [0.3, 0.4) is 0 Å². The maximum absolute atomic E-state index is 13.2. The average molecular weight is 414 g/mol. The van der Waals surface area contributed by atoms with Crippen molar-refractivity contribution in [3.63, 3.8) is 0 Å². The van der Waals surface area contributed by atoms with Gasteiger partial charge in [-0.25, -0.2) is 19.3 Å². The number of nitrogens with zero attached hydrogens (tertiary/aromatic N) is 6. The van der Waals surface area contributed by atoms with Gasteiger partial charge in [0.15, 0.2) is 17.0 Å². The Bertz CT molecular complexity index is 975. The third-order valence-corrected chi connectivity index (χ3v) is 5.46. The van der Waals surface area contributed by atoms with Crippen molar-refractivity contribution in [1.82, 2.24) is 24.4 Å². The normalized spacial score (nSPS) is 20.0. The van der Waals surface area contributed by atoms with E-state index in [9.17, 15) is 9.50 Å². The molecular formula is C21H27FN6O2. The molecule has 30 heavy (non-hydrogen) atoms. The number of hydrogen-bond donors (Lipinski definition) is 1. The van der Waals surface area contributed by atoms with Crippen LogP contribution in [0.15, 0.2) is 36.9 Å². The molecule has 0 amide bonds. The molecule has 0 unspecified atom stereocenters. The van der Waals surface area contributed by atoms with Crippen LogP contribution in [0, 0.1) is 5.82 Å². The number of aromatic nitrogens is 4. The first-order chi connectivity index (χ1) is 14.6. The highest BCUT2D eigenvalue weighted by atomic mass is 19.1. The van der Waals surface area contributed by atoms with Crippen LogP contribution < -0.4 is 4.90 Å². The van der Waals surface area contributed by atoms with E-state index in [0.29, 0.717) is 25.3 Å². The van der Waals surface area contributed by atoms with Gasteiger partial charge in [-0.05, 0) is 31.5 Å². The quantitative estimate of drug-likeness (QED) is 0.635. The van der Waals surface area contributed by atoms with Crippen LogP contribution in [-0.4, -0.2) is 68.4 Å². The summed E-state index contributed by atoms with van der Waals surface area (Å²) in [6, 6.07) is 6.49. The van der Waals surface area contributed by atoms with Crippen molar-refractivity contribution in [1.29, 1.82) is 0 Å². The second-order valence-corrected chi connectivity index (χ2v) is 7.41. The number of halogens is 1. The fourth-order valence-electron chi connectivity index (χ4n) is 3.93. The van der Waals surface area contributed by atoms with Crippen LogP contribution >= 0.6 is 0 Å². The molecule has 9 heteroatoms. The summed E-state index contributed by atoms with van der Waals surface area (Å²) in [6.07, 6.45) is 2.61. The van der Waals surface area contributed by atoms with Crippen molar-refractivity contribution in [3.8, 4) is 0 Å². The lowest BCUT2D eigenvalue weighted by molar-refractivity contribution is -0.135. The Labute approximate surface area is 174 Å². The Morgan fingerprint density at radius 1 is 1.13 bits per heavy atom. The van der Waals surface area contributed by atoms with E-state index in [0.717, 1.165) is 30.0 Å². The van der Waals surface area contributed by atoms with Crippen LogP contribution in [-0.2, 0) is 11.3 Å². The number of rotatable bonds is 7. The van der Waals surface area contributed by atoms with E-state index in [1.165, 1.54) is 12.1 Å². The molecule has 3 aromatic rings. The molecule has 0 saturated carbocycles. The van der Waals surface area contributed by atoms with Gasteiger partial charge in [0.2, 0.25) is 0 Å². The summed E-state index contributed by atoms with van der Waals surface area (Å²) < 4.78 is 21.3. The molecule has 160 valence electrons. The lowest BCUT2D eigenvalue weighted by Gasteiger charge is -2.38. The highest BCUT2D eigenvalue weighted by Gasteiger charge is 2.30. The molecule has 0 aliphatic carbocycles. The number of ether oxygens (including phenoxy) is 1.